The topological polar surface area (TPSA) is 192 Å². The molecular formula is C64H112N16Ti. The van der Waals surface area contributed by atoms with Crippen LogP contribution in [0.1, 0.15) is 205 Å². The summed E-state index contributed by atoms with van der Waals surface area (Å²) in [6.07, 6.45) is 51.1. The van der Waals surface area contributed by atoms with Crippen molar-refractivity contribution in [2.24, 2.45) is 94.7 Å². The van der Waals surface area contributed by atoms with Gasteiger partial charge in [-0.05, 0) is 197 Å². The van der Waals surface area contributed by atoms with Gasteiger partial charge in [0.1, 0.15) is 0 Å². The zero-order chi connectivity index (χ0) is 52.4. The molecule has 452 valence electrons. The Bertz CT molecular complexity index is 1570. The molecule has 18 rings (SSSR count). The SMILES string of the molecule is C1CCC2C3NC(NC4NC(NC5NC(NC6NC(N3)C3CCCCC63)C3CCCCC53)C3CCCCC43)C2C1.C1CCC2C3NC(NC4NC(NC5NC(NC6NC(N3)C3CCCCC63)C3CCCCC53)C3CCCCC43)C2C1.[Ti]. The molecule has 16 atom stereocenters. The summed E-state index contributed by atoms with van der Waals surface area (Å²) in [5, 5.41) is 67.6. The van der Waals surface area contributed by atoms with E-state index in [0.29, 0.717) is 98.7 Å². The van der Waals surface area contributed by atoms with Gasteiger partial charge in [-0.25, -0.2) is 0 Å². The first-order valence-corrected chi connectivity index (χ1v) is 35.8. The van der Waals surface area contributed by atoms with Crippen molar-refractivity contribution in [1.82, 2.24) is 85.1 Å². The van der Waals surface area contributed by atoms with Crippen LogP contribution in [0.15, 0.2) is 0 Å². The van der Waals surface area contributed by atoms with Gasteiger partial charge in [0.15, 0.2) is 0 Å². The van der Waals surface area contributed by atoms with Crippen molar-refractivity contribution >= 4 is 0 Å². The maximum atomic E-state index is 4.26. The third kappa shape index (κ3) is 10.5. The fraction of sp³-hybridized carbons (Fsp3) is 1.00. The fourth-order valence-corrected chi connectivity index (χ4v) is 23.9. The van der Waals surface area contributed by atoms with E-state index in [2.05, 4.69) is 85.1 Å². The molecule has 0 aromatic heterocycles. The van der Waals surface area contributed by atoms with Crippen LogP contribution in [0.3, 0.4) is 0 Å². The van der Waals surface area contributed by atoms with Crippen LogP contribution in [-0.2, 0) is 21.7 Å². The minimum Gasteiger partial charge on any atom is -0.286 e. The molecule has 16 N–H and O–H groups in total. The summed E-state index contributed by atoms with van der Waals surface area (Å²) in [5.41, 5.74) is 0. The summed E-state index contributed by atoms with van der Waals surface area (Å²) in [6.45, 7) is 0. The van der Waals surface area contributed by atoms with Crippen LogP contribution in [0.4, 0.5) is 0 Å². The Morgan fingerprint density at radius 3 is 0.235 bits per heavy atom. The van der Waals surface area contributed by atoms with Gasteiger partial charge in [-0.15, -0.1) is 0 Å². The molecule has 16 nitrogen and oxygen atoms in total. The average molecular weight is 1150 g/mol. The molecule has 81 heavy (non-hydrogen) atoms. The Balaban J connectivity index is 0.000000132. The zero-order valence-electron chi connectivity index (χ0n) is 49.6. The number of fused-ring (bicyclic) bond motifs is 40. The summed E-state index contributed by atoms with van der Waals surface area (Å²) in [7, 11) is 0. The summed E-state index contributed by atoms with van der Waals surface area (Å²) in [6, 6.07) is 0. The van der Waals surface area contributed by atoms with Gasteiger partial charge in [-0.2, -0.15) is 0 Å². The number of rotatable bonds is 0. The van der Waals surface area contributed by atoms with E-state index in [-0.39, 0.29) is 21.7 Å². The summed E-state index contributed by atoms with van der Waals surface area (Å²) >= 11 is 0. The first kappa shape index (κ1) is 56.3. The maximum absolute atomic E-state index is 4.26. The van der Waals surface area contributed by atoms with Crippen LogP contribution in [0.5, 0.6) is 0 Å². The van der Waals surface area contributed by atoms with E-state index in [1.54, 1.807) is 0 Å². The molecule has 16 unspecified atom stereocenters. The van der Waals surface area contributed by atoms with Gasteiger partial charge < -0.3 is 0 Å². The van der Waals surface area contributed by atoms with Gasteiger partial charge in [0.2, 0.25) is 0 Å². The molecule has 18 aliphatic rings. The van der Waals surface area contributed by atoms with Crippen molar-refractivity contribution in [3.63, 3.8) is 0 Å². The van der Waals surface area contributed by atoms with E-state index in [9.17, 15) is 0 Å². The first-order valence-electron chi connectivity index (χ1n) is 35.8. The van der Waals surface area contributed by atoms with Crippen LogP contribution in [0, 0.1) is 94.7 Å². The minimum atomic E-state index is 0. The van der Waals surface area contributed by atoms with Crippen LogP contribution in [-0.4, -0.2) is 98.7 Å². The number of hydrogen-bond acceptors (Lipinski definition) is 16. The van der Waals surface area contributed by atoms with Crippen LogP contribution >= 0.6 is 0 Å². The Labute approximate surface area is 502 Å². The smallest absolute Gasteiger partial charge is 0.0628 e. The molecule has 0 radical (unpaired) electrons. The second-order valence-electron chi connectivity index (χ2n) is 31.2. The van der Waals surface area contributed by atoms with E-state index < -0.39 is 0 Å². The Morgan fingerprint density at radius 2 is 0.173 bits per heavy atom. The molecule has 0 spiro atoms. The molecule has 10 heterocycles. The normalized spacial score (nSPS) is 56.9. The van der Waals surface area contributed by atoms with Crippen molar-refractivity contribution in [3.8, 4) is 0 Å². The average Bonchev–Trinajstić information content (AvgIpc) is 4.47. The summed E-state index contributed by atoms with van der Waals surface area (Å²) in [5.74, 6) is 11.9. The van der Waals surface area contributed by atoms with Crippen LogP contribution < -0.4 is 85.1 Å². The minimum absolute atomic E-state index is 0. The molecule has 10 aliphatic heterocycles. The molecule has 10 saturated heterocycles. The molecule has 8 saturated carbocycles. The maximum Gasteiger partial charge on any atom is 0.0628 e. The summed E-state index contributed by atoms with van der Waals surface area (Å²) in [4.78, 5) is 0. The standard InChI is InChI=1S/2C32H56N8.Ti/c2*1-2-10-18-17(9-1)25-33-26(18)38-28-21-13-5-6-14-22(21)30(35-28)40-32-24-16-8-7-15-23(24)31(36-32)39-29-20-12-4-3-11-19(20)27(34-29)37-25;/h2*17-40H,1-16H2;. The Morgan fingerprint density at radius 1 is 0.111 bits per heavy atom. The van der Waals surface area contributed by atoms with Crippen LogP contribution in [0.2, 0.25) is 0 Å². The van der Waals surface area contributed by atoms with Gasteiger partial charge in [0.25, 0.3) is 0 Å². The Hall–Kier alpha value is 0.0743. The van der Waals surface area contributed by atoms with E-state index in [1.165, 1.54) is 205 Å². The second kappa shape index (κ2) is 24.1. The first-order chi connectivity index (χ1) is 39.6. The van der Waals surface area contributed by atoms with E-state index in [1.807, 2.05) is 0 Å². The van der Waals surface area contributed by atoms with Crippen molar-refractivity contribution in [2.75, 3.05) is 0 Å². The van der Waals surface area contributed by atoms with Gasteiger partial charge in [-0.1, -0.05) is 103 Å². The van der Waals surface area contributed by atoms with Crippen LogP contribution in [0.25, 0.3) is 0 Å². The predicted molar refractivity (Wildman–Crippen MR) is 314 cm³/mol. The number of hydrogen-bond donors (Lipinski definition) is 16. The predicted octanol–water partition coefficient (Wildman–Crippen LogP) is 5.21. The quantitative estimate of drug-likeness (QED) is 0.141. The van der Waals surface area contributed by atoms with E-state index in [0.717, 1.165) is 94.7 Å². The molecule has 16 bridgehead atoms. The van der Waals surface area contributed by atoms with Crippen molar-refractivity contribution < 1.29 is 21.7 Å². The monoisotopic (exact) mass is 1150 g/mol. The van der Waals surface area contributed by atoms with Gasteiger partial charge >= 0.3 is 0 Å². The zero-order valence-corrected chi connectivity index (χ0v) is 51.2. The molecule has 8 aliphatic carbocycles. The largest absolute Gasteiger partial charge is 0.286 e. The Kier molecular flexibility index (Phi) is 16.8. The van der Waals surface area contributed by atoms with Crippen molar-refractivity contribution in [1.29, 1.82) is 0 Å². The second-order valence-corrected chi connectivity index (χ2v) is 31.2. The molecular weight excluding hydrogens is 1040 g/mol. The van der Waals surface area contributed by atoms with Crippen molar-refractivity contribution in [3.05, 3.63) is 0 Å². The fourth-order valence-electron chi connectivity index (χ4n) is 23.9. The molecule has 0 amide bonds. The van der Waals surface area contributed by atoms with E-state index >= 15 is 0 Å². The molecule has 17 heteroatoms. The summed E-state index contributed by atoms with van der Waals surface area (Å²) < 4.78 is 0. The third-order valence-corrected chi connectivity index (χ3v) is 27.6. The molecule has 0 aromatic rings. The van der Waals surface area contributed by atoms with Gasteiger partial charge in [-0.3, -0.25) is 85.1 Å². The van der Waals surface area contributed by atoms with E-state index in [4.69, 9.17) is 0 Å². The number of nitrogens with one attached hydrogen (secondary N) is 16. The van der Waals surface area contributed by atoms with Gasteiger partial charge in [0.05, 0.1) is 98.7 Å². The van der Waals surface area contributed by atoms with Gasteiger partial charge in [0, 0.05) is 21.7 Å². The molecule has 0 aromatic carbocycles. The third-order valence-electron chi connectivity index (χ3n) is 27.6. The molecule has 18 fully saturated rings. The van der Waals surface area contributed by atoms with Crippen molar-refractivity contribution in [2.45, 2.75) is 304 Å².